The Kier molecular flexibility index (Phi) is 25.1. The first-order valence-corrected chi connectivity index (χ1v) is 14.4. The topological polar surface area (TPSA) is 69.6 Å². The molecular weight excluding hydrogens is 410 g/mol. The van der Waals surface area contributed by atoms with Crippen molar-refractivity contribution in [1.82, 2.24) is 5.32 Å². The summed E-state index contributed by atoms with van der Waals surface area (Å²) in [5.41, 5.74) is 0. The van der Waals surface area contributed by atoms with Crippen molar-refractivity contribution >= 4 is 5.91 Å². The third-order valence-electron chi connectivity index (χ3n) is 6.53. The first kappa shape index (κ1) is 32.1. The number of hydrogen-bond donors (Lipinski definition) is 3. The van der Waals surface area contributed by atoms with Crippen LogP contribution in [0.25, 0.3) is 0 Å². The number of aliphatic hydroxyl groups is 2. The zero-order valence-corrected chi connectivity index (χ0v) is 22.2. The highest BCUT2D eigenvalue weighted by Crippen LogP contribution is 2.14. The highest BCUT2D eigenvalue weighted by molar-refractivity contribution is 5.76. The van der Waals surface area contributed by atoms with E-state index in [0.29, 0.717) is 12.8 Å². The normalized spacial score (nSPS) is 13.5. The third-order valence-corrected chi connectivity index (χ3v) is 6.53. The largest absolute Gasteiger partial charge is 0.394 e. The SMILES string of the molecule is CCCC/C=C\CCCCCCC(=O)NC(CO)C(O)CCCCCCCCCCCCC. The molecule has 0 aliphatic heterocycles. The van der Waals surface area contributed by atoms with Crippen molar-refractivity contribution in [2.24, 2.45) is 0 Å². The summed E-state index contributed by atoms with van der Waals surface area (Å²) >= 11 is 0. The van der Waals surface area contributed by atoms with Crippen LogP contribution in [0.4, 0.5) is 0 Å². The Hall–Kier alpha value is -0.870. The fourth-order valence-electron chi connectivity index (χ4n) is 4.22. The van der Waals surface area contributed by atoms with Gasteiger partial charge in [0, 0.05) is 6.42 Å². The van der Waals surface area contributed by atoms with Crippen LogP contribution in [0.1, 0.15) is 149 Å². The monoisotopic (exact) mass is 467 g/mol. The molecule has 3 N–H and O–H groups in total. The van der Waals surface area contributed by atoms with Gasteiger partial charge in [0.1, 0.15) is 0 Å². The van der Waals surface area contributed by atoms with E-state index in [-0.39, 0.29) is 12.5 Å². The standard InChI is InChI=1S/C29H57NO3/c1-3-5-7-9-11-13-15-16-18-20-22-24-28(32)27(26-31)30-29(33)25-23-21-19-17-14-12-10-8-6-4-2/h10,12,27-28,31-32H,3-9,11,13-26H2,1-2H3,(H,30,33)/b12-10-. The summed E-state index contributed by atoms with van der Waals surface area (Å²) in [6.07, 6.45) is 28.2. The summed E-state index contributed by atoms with van der Waals surface area (Å²) in [6.45, 7) is 4.27. The van der Waals surface area contributed by atoms with Crippen LogP contribution in [0.5, 0.6) is 0 Å². The summed E-state index contributed by atoms with van der Waals surface area (Å²) in [5, 5.41) is 22.8. The van der Waals surface area contributed by atoms with E-state index in [4.69, 9.17) is 0 Å². The molecule has 0 saturated carbocycles. The summed E-state index contributed by atoms with van der Waals surface area (Å²) < 4.78 is 0. The highest BCUT2D eigenvalue weighted by atomic mass is 16.3. The Morgan fingerprint density at radius 2 is 1.18 bits per heavy atom. The maximum absolute atomic E-state index is 12.2. The first-order chi connectivity index (χ1) is 16.2. The van der Waals surface area contributed by atoms with E-state index in [9.17, 15) is 15.0 Å². The van der Waals surface area contributed by atoms with Crippen molar-refractivity contribution in [3.63, 3.8) is 0 Å². The number of rotatable bonds is 25. The Morgan fingerprint density at radius 3 is 1.76 bits per heavy atom. The van der Waals surface area contributed by atoms with Gasteiger partial charge in [-0.15, -0.1) is 0 Å². The van der Waals surface area contributed by atoms with E-state index < -0.39 is 12.1 Å². The van der Waals surface area contributed by atoms with Crippen LogP contribution < -0.4 is 5.32 Å². The molecule has 33 heavy (non-hydrogen) atoms. The average Bonchev–Trinajstić information content (AvgIpc) is 2.82. The van der Waals surface area contributed by atoms with Gasteiger partial charge in [0.2, 0.25) is 5.91 Å². The molecule has 0 radical (unpaired) electrons. The Labute approximate surface area is 206 Å². The van der Waals surface area contributed by atoms with Crippen LogP contribution in [-0.4, -0.2) is 34.9 Å². The lowest BCUT2D eigenvalue weighted by molar-refractivity contribution is -0.123. The molecule has 2 atom stereocenters. The molecule has 0 bridgehead atoms. The number of amides is 1. The molecule has 0 spiro atoms. The molecule has 4 nitrogen and oxygen atoms in total. The van der Waals surface area contributed by atoms with Crippen molar-refractivity contribution in [1.29, 1.82) is 0 Å². The van der Waals surface area contributed by atoms with E-state index in [2.05, 4.69) is 31.3 Å². The van der Waals surface area contributed by atoms with E-state index in [1.165, 1.54) is 83.5 Å². The van der Waals surface area contributed by atoms with Crippen molar-refractivity contribution in [2.75, 3.05) is 6.61 Å². The second kappa shape index (κ2) is 25.7. The van der Waals surface area contributed by atoms with E-state index >= 15 is 0 Å². The lowest BCUT2D eigenvalue weighted by Gasteiger charge is -2.22. The number of unbranched alkanes of at least 4 members (excludes halogenated alkanes) is 16. The Bertz CT molecular complexity index is 439. The predicted molar refractivity (Wildman–Crippen MR) is 142 cm³/mol. The van der Waals surface area contributed by atoms with Crippen LogP contribution in [0.15, 0.2) is 12.2 Å². The second-order valence-corrected chi connectivity index (χ2v) is 9.81. The number of aliphatic hydroxyl groups excluding tert-OH is 2. The van der Waals surface area contributed by atoms with Crippen molar-refractivity contribution in [2.45, 2.75) is 161 Å². The highest BCUT2D eigenvalue weighted by Gasteiger charge is 2.19. The molecular formula is C29H57NO3. The van der Waals surface area contributed by atoms with Crippen LogP contribution in [-0.2, 0) is 4.79 Å². The molecule has 0 aromatic heterocycles. The first-order valence-electron chi connectivity index (χ1n) is 14.4. The molecule has 0 fully saturated rings. The van der Waals surface area contributed by atoms with Crippen molar-refractivity contribution < 1.29 is 15.0 Å². The molecule has 1 amide bonds. The van der Waals surface area contributed by atoms with Gasteiger partial charge in [0.15, 0.2) is 0 Å². The molecule has 0 rings (SSSR count). The number of nitrogens with one attached hydrogen (secondary N) is 1. The van der Waals surface area contributed by atoms with Gasteiger partial charge in [-0.3, -0.25) is 4.79 Å². The third kappa shape index (κ3) is 22.7. The van der Waals surface area contributed by atoms with Gasteiger partial charge in [-0.2, -0.15) is 0 Å². The van der Waals surface area contributed by atoms with Gasteiger partial charge in [-0.25, -0.2) is 0 Å². The minimum absolute atomic E-state index is 0.0495. The molecule has 0 aliphatic carbocycles. The zero-order valence-electron chi connectivity index (χ0n) is 22.2. The lowest BCUT2D eigenvalue weighted by atomic mass is 10.0. The van der Waals surface area contributed by atoms with Gasteiger partial charge in [0.25, 0.3) is 0 Å². The average molecular weight is 468 g/mol. The quantitative estimate of drug-likeness (QED) is 0.0955. The number of carbonyl (C=O) groups is 1. The van der Waals surface area contributed by atoms with Gasteiger partial charge in [-0.1, -0.05) is 122 Å². The Morgan fingerprint density at radius 1 is 0.697 bits per heavy atom. The molecule has 0 aromatic carbocycles. The number of carbonyl (C=O) groups excluding carboxylic acids is 1. The smallest absolute Gasteiger partial charge is 0.220 e. The lowest BCUT2D eigenvalue weighted by Crippen LogP contribution is -2.45. The fourth-order valence-corrected chi connectivity index (χ4v) is 4.22. The van der Waals surface area contributed by atoms with Crippen molar-refractivity contribution in [3.8, 4) is 0 Å². The minimum Gasteiger partial charge on any atom is -0.394 e. The molecule has 2 unspecified atom stereocenters. The van der Waals surface area contributed by atoms with Gasteiger partial charge in [0.05, 0.1) is 18.8 Å². The van der Waals surface area contributed by atoms with Crippen LogP contribution >= 0.6 is 0 Å². The molecule has 4 heteroatoms. The van der Waals surface area contributed by atoms with E-state index in [0.717, 1.165) is 38.5 Å². The second-order valence-electron chi connectivity index (χ2n) is 9.81. The van der Waals surface area contributed by atoms with Gasteiger partial charge < -0.3 is 15.5 Å². The van der Waals surface area contributed by atoms with E-state index in [1.807, 2.05) is 0 Å². The van der Waals surface area contributed by atoms with Crippen molar-refractivity contribution in [3.05, 3.63) is 12.2 Å². The maximum atomic E-state index is 12.2. The number of allylic oxidation sites excluding steroid dienone is 2. The predicted octanol–water partition coefficient (Wildman–Crippen LogP) is 7.61. The minimum atomic E-state index is -0.656. The Balaban J connectivity index is 3.65. The summed E-state index contributed by atoms with van der Waals surface area (Å²) in [4.78, 5) is 12.2. The molecule has 196 valence electrons. The van der Waals surface area contributed by atoms with Crippen LogP contribution in [0.3, 0.4) is 0 Å². The van der Waals surface area contributed by atoms with Crippen LogP contribution in [0, 0.1) is 0 Å². The zero-order chi connectivity index (χ0) is 24.4. The number of hydrogen-bond acceptors (Lipinski definition) is 3. The summed E-state index contributed by atoms with van der Waals surface area (Å²) in [5.74, 6) is -0.0495. The van der Waals surface area contributed by atoms with Gasteiger partial charge >= 0.3 is 0 Å². The summed E-state index contributed by atoms with van der Waals surface area (Å²) in [6, 6.07) is -0.533. The van der Waals surface area contributed by atoms with Crippen LogP contribution in [0.2, 0.25) is 0 Å². The van der Waals surface area contributed by atoms with E-state index in [1.54, 1.807) is 0 Å². The van der Waals surface area contributed by atoms with Gasteiger partial charge in [-0.05, 0) is 32.1 Å². The molecule has 0 aromatic rings. The molecule has 0 saturated heterocycles. The maximum Gasteiger partial charge on any atom is 0.220 e. The molecule has 0 aliphatic rings. The summed E-state index contributed by atoms with van der Waals surface area (Å²) in [7, 11) is 0. The molecule has 0 heterocycles. The fraction of sp³-hybridized carbons (Fsp3) is 0.897.